The maximum Gasteiger partial charge on any atom is 0.343 e. The molecular formula is C22H20O3. The molecule has 0 aliphatic rings. The molecule has 0 aromatic heterocycles. The number of carbonyl (C=O) groups is 1. The zero-order valence-electron chi connectivity index (χ0n) is 14.6. The van der Waals surface area contributed by atoms with Crippen molar-refractivity contribution in [2.75, 3.05) is 7.11 Å². The monoisotopic (exact) mass is 332 g/mol. The van der Waals surface area contributed by atoms with Crippen molar-refractivity contribution in [2.24, 2.45) is 0 Å². The summed E-state index contributed by atoms with van der Waals surface area (Å²) in [6.45, 7) is 4.00. The summed E-state index contributed by atoms with van der Waals surface area (Å²) in [6, 6.07) is 21.1. The molecule has 0 saturated heterocycles. The molecule has 0 bridgehead atoms. The fraction of sp³-hybridized carbons (Fsp3) is 0.136. The van der Waals surface area contributed by atoms with Crippen LogP contribution in [0.5, 0.6) is 11.5 Å². The van der Waals surface area contributed by atoms with Gasteiger partial charge in [0.1, 0.15) is 11.5 Å². The minimum Gasteiger partial charge on any atom is -0.497 e. The van der Waals surface area contributed by atoms with E-state index in [1.54, 1.807) is 31.4 Å². The van der Waals surface area contributed by atoms with E-state index >= 15 is 0 Å². The lowest BCUT2D eigenvalue weighted by Crippen LogP contribution is -2.09. The molecule has 3 rings (SSSR count). The van der Waals surface area contributed by atoms with Crippen molar-refractivity contribution in [2.45, 2.75) is 13.8 Å². The van der Waals surface area contributed by atoms with Gasteiger partial charge < -0.3 is 9.47 Å². The van der Waals surface area contributed by atoms with Crippen molar-refractivity contribution in [1.29, 1.82) is 0 Å². The van der Waals surface area contributed by atoms with Crippen LogP contribution in [0.2, 0.25) is 0 Å². The lowest BCUT2D eigenvalue weighted by Gasteiger charge is -2.10. The van der Waals surface area contributed by atoms with Crippen LogP contribution in [0.3, 0.4) is 0 Å². The Labute approximate surface area is 147 Å². The molecule has 3 aromatic carbocycles. The van der Waals surface area contributed by atoms with Gasteiger partial charge in [-0.2, -0.15) is 0 Å². The van der Waals surface area contributed by atoms with Crippen LogP contribution in [-0.4, -0.2) is 13.1 Å². The molecule has 0 amide bonds. The molecule has 0 unspecified atom stereocenters. The summed E-state index contributed by atoms with van der Waals surface area (Å²) in [4.78, 5) is 12.3. The molecule has 3 nitrogen and oxygen atoms in total. The second-order valence-electron chi connectivity index (χ2n) is 5.97. The van der Waals surface area contributed by atoms with Crippen LogP contribution in [0.25, 0.3) is 11.1 Å². The standard InChI is InChI=1S/C22H20O3/c1-15-7-9-17(10-8-15)18-11-12-21(16(2)13-18)25-22(23)19-5-4-6-20(14-19)24-3/h4-14H,1-3H3. The number of hydrogen-bond donors (Lipinski definition) is 0. The molecule has 25 heavy (non-hydrogen) atoms. The molecule has 0 atom stereocenters. The smallest absolute Gasteiger partial charge is 0.343 e. The minimum atomic E-state index is -0.398. The van der Waals surface area contributed by atoms with E-state index in [9.17, 15) is 4.79 Å². The van der Waals surface area contributed by atoms with Crippen molar-refractivity contribution in [1.82, 2.24) is 0 Å². The van der Waals surface area contributed by atoms with Crippen LogP contribution >= 0.6 is 0 Å². The van der Waals surface area contributed by atoms with E-state index in [0.717, 1.165) is 16.7 Å². The van der Waals surface area contributed by atoms with E-state index in [1.165, 1.54) is 5.56 Å². The van der Waals surface area contributed by atoms with Gasteiger partial charge in [0, 0.05) is 0 Å². The van der Waals surface area contributed by atoms with Crippen molar-refractivity contribution < 1.29 is 14.3 Å². The number of benzene rings is 3. The van der Waals surface area contributed by atoms with Gasteiger partial charge in [-0.25, -0.2) is 4.79 Å². The fourth-order valence-electron chi connectivity index (χ4n) is 2.60. The zero-order valence-corrected chi connectivity index (χ0v) is 14.6. The van der Waals surface area contributed by atoms with E-state index in [-0.39, 0.29) is 0 Å². The summed E-state index contributed by atoms with van der Waals surface area (Å²) in [5.41, 5.74) is 4.83. The van der Waals surface area contributed by atoms with E-state index in [1.807, 2.05) is 25.1 Å². The Morgan fingerprint density at radius 1 is 0.840 bits per heavy atom. The number of carbonyl (C=O) groups excluding carboxylic acids is 1. The first-order valence-corrected chi connectivity index (χ1v) is 8.11. The topological polar surface area (TPSA) is 35.5 Å². The van der Waals surface area contributed by atoms with Crippen molar-refractivity contribution in [3.05, 3.63) is 83.4 Å². The van der Waals surface area contributed by atoms with E-state index in [0.29, 0.717) is 17.1 Å². The van der Waals surface area contributed by atoms with Crippen molar-refractivity contribution in [3.8, 4) is 22.6 Å². The van der Waals surface area contributed by atoms with Crippen LogP contribution in [0.15, 0.2) is 66.7 Å². The first-order chi connectivity index (χ1) is 12.1. The average Bonchev–Trinajstić information content (AvgIpc) is 2.64. The predicted molar refractivity (Wildman–Crippen MR) is 99.3 cm³/mol. The number of aryl methyl sites for hydroxylation is 2. The van der Waals surface area contributed by atoms with E-state index < -0.39 is 5.97 Å². The van der Waals surface area contributed by atoms with Gasteiger partial charge in [-0.15, -0.1) is 0 Å². The summed E-state index contributed by atoms with van der Waals surface area (Å²) >= 11 is 0. The van der Waals surface area contributed by atoms with Gasteiger partial charge >= 0.3 is 5.97 Å². The molecule has 0 saturated carbocycles. The molecule has 0 aliphatic heterocycles. The molecular weight excluding hydrogens is 312 g/mol. The highest BCUT2D eigenvalue weighted by molar-refractivity contribution is 5.91. The average molecular weight is 332 g/mol. The zero-order chi connectivity index (χ0) is 17.8. The second-order valence-corrected chi connectivity index (χ2v) is 5.97. The van der Waals surface area contributed by atoms with Gasteiger partial charge in [0.25, 0.3) is 0 Å². The number of esters is 1. The number of ether oxygens (including phenoxy) is 2. The SMILES string of the molecule is COc1cccc(C(=O)Oc2ccc(-c3ccc(C)cc3)cc2C)c1. The van der Waals surface area contributed by atoms with Gasteiger partial charge in [0.05, 0.1) is 12.7 Å². The third-order valence-electron chi connectivity index (χ3n) is 4.07. The third-order valence-corrected chi connectivity index (χ3v) is 4.07. The molecule has 3 heteroatoms. The Balaban J connectivity index is 1.81. The fourth-order valence-corrected chi connectivity index (χ4v) is 2.60. The lowest BCUT2D eigenvalue weighted by atomic mass is 10.0. The molecule has 126 valence electrons. The maximum absolute atomic E-state index is 12.3. The Morgan fingerprint density at radius 2 is 1.56 bits per heavy atom. The maximum atomic E-state index is 12.3. The molecule has 3 aromatic rings. The molecule has 0 spiro atoms. The molecule has 0 N–H and O–H groups in total. The summed E-state index contributed by atoms with van der Waals surface area (Å²) in [7, 11) is 1.57. The Morgan fingerprint density at radius 3 is 2.24 bits per heavy atom. The normalized spacial score (nSPS) is 10.4. The summed E-state index contributed by atoms with van der Waals surface area (Å²) in [5.74, 6) is 0.787. The third kappa shape index (κ3) is 3.89. The summed E-state index contributed by atoms with van der Waals surface area (Å²) < 4.78 is 10.7. The second kappa shape index (κ2) is 7.22. The molecule has 0 radical (unpaired) electrons. The quantitative estimate of drug-likeness (QED) is 0.487. The Hall–Kier alpha value is -3.07. The van der Waals surface area contributed by atoms with Gasteiger partial charge in [0.15, 0.2) is 0 Å². The van der Waals surface area contributed by atoms with E-state index in [4.69, 9.17) is 9.47 Å². The molecule has 0 aliphatic carbocycles. The van der Waals surface area contributed by atoms with Crippen LogP contribution in [0.1, 0.15) is 21.5 Å². The summed E-state index contributed by atoms with van der Waals surface area (Å²) in [6.07, 6.45) is 0. The highest BCUT2D eigenvalue weighted by Gasteiger charge is 2.12. The predicted octanol–water partition coefficient (Wildman–Crippen LogP) is 5.20. The highest BCUT2D eigenvalue weighted by atomic mass is 16.5. The largest absolute Gasteiger partial charge is 0.497 e. The van der Waals surface area contributed by atoms with Gasteiger partial charge in [-0.3, -0.25) is 0 Å². The van der Waals surface area contributed by atoms with Crippen LogP contribution in [0, 0.1) is 13.8 Å². The van der Waals surface area contributed by atoms with Gasteiger partial charge in [0.2, 0.25) is 0 Å². The van der Waals surface area contributed by atoms with E-state index in [2.05, 4.69) is 31.2 Å². The first-order valence-electron chi connectivity index (χ1n) is 8.11. The van der Waals surface area contributed by atoms with Crippen LogP contribution in [-0.2, 0) is 0 Å². The first kappa shape index (κ1) is 16.8. The van der Waals surface area contributed by atoms with Crippen molar-refractivity contribution >= 4 is 5.97 Å². The van der Waals surface area contributed by atoms with Gasteiger partial charge in [-0.05, 0) is 60.9 Å². The van der Waals surface area contributed by atoms with Crippen LogP contribution in [0.4, 0.5) is 0 Å². The number of rotatable bonds is 4. The highest BCUT2D eigenvalue weighted by Crippen LogP contribution is 2.27. The molecule has 0 fully saturated rings. The number of hydrogen-bond acceptors (Lipinski definition) is 3. The lowest BCUT2D eigenvalue weighted by molar-refractivity contribution is 0.0733. The molecule has 0 heterocycles. The number of methoxy groups -OCH3 is 1. The van der Waals surface area contributed by atoms with Crippen LogP contribution < -0.4 is 9.47 Å². The Kier molecular flexibility index (Phi) is 4.85. The van der Waals surface area contributed by atoms with Gasteiger partial charge in [-0.1, -0.05) is 42.0 Å². The summed E-state index contributed by atoms with van der Waals surface area (Å²) in [5, 5.41) is 0. The van der Waals surface area contributed by atoms with Crippen molar-refractivity contribution in [3.63, 3.8) is 0 Å². The minimum absolute atomic E-state index is 0.398. The Bertz CT molecular complexity index is 895.